The molecular weight excluding hydrogens is 459 g/mol. The first-order valence-electron chi connectivity index (χ1n) is 12.4. The maximum absolute atomic E-state index is 13.6. The molecule has 0 aliphatic carbocycles. The molecular formula is C28H35FN4O3. The van der Waals surface area contributed by atoms with E-state index in [0.29, 0.717) is 37.7 Å². The molecule has 0 unspecified atom stereocenters. The number of nitrogens with zero attached hydrogens (tertiary/aromatic N) is 4. The molecule has 1 aliphatic rings. The molecule has 1 aromatic heterocycles. The number of para-hydroxylation sites is 1. The van der Waals surface area contributed by atoms with E-state index in [4.69, 9.17) is 4.74 Å². The van der Waals surface area contributed by atoms with Crippen molar-refractivity contribution in [3.05, 3.63) is 87.6 Å². The van der Waals surface area contributed by atoms with E-state index in [1.807, 2.05) is 64.9 Å². The Morgan fingerprint density at radius 2 is 1.81 bits per heavy atom. The first kappa shape index (κ1) is 25.9. The second kappa shape index (κ2) is 11.2. The number of hydrogen-bond acceptors (Lipinski definition) is 4. The summed E-state index contributed by atoms with van der Waals surface area (Å²) in [5.74, 6) is 0.0424. The van der Waals surface area contributed by atoms with E-state index in [9.17, 15) is 14.0 Å². The van der Waals surface area contributed by atoms with Crippen LogP contribution in [0.1, 0.15) is 30.7 Å². The smallest absolute Gasteiger partial charge is 0.276 e. The minimum Gasteiger partial charge on any atom is -0.370 e. The maximum atomic E-state index is 13.6. The molecule has 4 rings (SSSR count). The van der Waals surface area contributed by atoms with Crippen LogP contribution in [0.5, 0.6) is 0 Å². The molecule has 0 spiro atoms. The summed E-state index contributed by atoms with van der Waals surface area (Å²) in [7, 11) is 1.87. The lowest BCUT2D eigenvalue weighted by molar-refractivity contribution is -0.132. The van der Waals surface area contributed by atoms with Gasteiger partial charge in [-0.1, -0.05) is 44.2 Å². The Morgan fingerprint density at radius 1 is 1.06 bits per heavy atom. The summed E-state index contributed by atoms with van der Waals surface area (Å²) in [6.07, 6.45) is -0.265. The van der Waals surface area contributed by atoms with E-state index in [-0.39, 0.29) is 36.5 Å². The zero-order valence-electron chi connectivity index (χ0n) is 21.5. The molecule has 1 atom stereocenters. The van der Waals surface area contributed by atoms with Crippen molar-refractivity contribution in [1.29, 1.82) is 0 Å². The fourth-order valence-corrected chi connectivity index (χ4v) is 4.76. The summed E-state index contributed by atoms with van der Waals surface area (Å²) in [5.41, 5.74) is 2.98. The van der Waals surface area contributed by atoms with E-state index in [0.717, 1.165) is 16.9 Å². The molecule has 1 fully saturated rings. The zero-order chi connectivity index (χ0) is 25.8. The van der Waals surface area contributed by atoms with Crippen LogP contribution in [0.3, 0.4) is 0 Å². The first-order valence-corrected chi connectivity index (χ1v) is 12.4. The fraction of sp³-hybridized carbons (Fsp3) is 0.429. The van der Waals surface area contributed by atoms with E-state index < -0.39 is 0 Å². The van der Waals surface area contributed by atoms with Crippen LogP contribution in [-0.2, 0) is 29.7 Å². The average Bonchev–Trinajstić information content (AvgIpc) is 2.95. The molecule has 36 heavy (non-hydrogen) atoms. The number of halogens is 1. The molecule has 1 aliphatic heterocycles. The summed E-state index contributed by atoms with van der Waals surface area (Å²) in [6, 6.07) is 15.9. The number of hydrogen-bond donors (Lipinski definition) is 0. The number of carbonyl (C=O) groups is 1. The molecule has 0 N–H and O–H groups in total. The lowest BCUT2D eigenvalue weighted by Crippen LogP contribution is -2.40. The molecule has 8 heteroatoms. The van der Waals surface area contributed by atoms with Crippen LogP contribution in [0.15, 0.2) is 59.4 Å². The minimum atomic E-state index is -0.301. The fourth-order valence-electron chi connectivity index (χ4n) is 4.76. The summed E-state index contributed by atoms with van der Waals surface area (Å²) >= 11 is 0. The molecule has 7 nitrogen and oxygen atoms in total. The monoisotopic (exact) mass is 494 g/mol. The van der Waals surface area contributed by atoms with Crippen molar-refractivity contribution < 1.29 is 13.9 Å². The zero-order valence-corrected chi connectivity index (χ0v) is 21.5. The summed E-state index contributed by atoms with van der Waals surface area (Å²) in [6.45, 7) is 8.50. The molecule has 1 amide bonds. The normalized spacial score (nSPS) is 17.1. The van der Waals surface area contributed by atoms with Crippen LogP contribution in [-0.4, -0.2) is 57.4 Å². The Hall–Kier alpha value is -3.23. The Bertz CT molecular complexity index is 1250. The molecule has 1 saturated heterocycles. The van der Waals surface area contributed by atoms with Gasteiger partial charge in [0.2, 0.25) is 5.91 Å². The van der Waals surface area contributed by atoms with Crippen molar-refractivity contribution >= 4 is 5.91 Å². The van der Waals surface area contributed by atoms with Gasteiger partial charge in [-0.25, -0.2) is 9.07 Å². The third-order valence-electron chi connectivity index (χ3n) is 6.61. The number of benzene rings is 2. The standard InChI is InChI=1S/C28H35FN4O3/c1-20(2)14-32-16-25(36-19-22-9-8-10-23(29)13-22)15-31(18-27(32)34)17-26-21(3)30(4)33(28(26)35)24-11-6-5-7-12-24/h5-13,20,25H,14-19H2,1-4H3/t25-/m1/s1. The highest BCUT2D eigenvalue weighted by Gasteiger charge is 2.30. The summed E-state index contributed by atoms with van der Waals surface area (Å²) in [4.78, 5) is 30.5. The molecule has 0 bridgehead atoms. The summed E-state index contributed by atoms with van der Waals surface area (Å²) < 4.78 is 23.4. The van der Waals surface area contributed by atoms with Gasteiger partial charge in [-0.3, -0.25) is 19.2 Å². The lowest BCUT2D eigenvalue weighted by atomic mass is 10.2. The highest BCUT2D eigenvalue weighted by atomic mass is 19.1. The van der Waals surface area contributed by atoms with Crippen molar-refractivity contribution in [3.63, 3.8) is 0 Å². The minimum absolute atomic E-state index is 0.0255. The first-order chi connectivity index (χ1) is 17.2. The molecule has 192 valence electrons. The van der Waals surface area contributed by atoms with Crippen LogP contribution in [0.25, 0.3) is 5.69 Å². The molecule has 2 heterocycles. The van der Waals surface area contributed by atoms with Gasteiger partial charge in [0.05, 0.1) is 30.5 Å². The third-order valence-corrected chi connectivity index (χ3v) is 6.61. The van der Waals surface area contributed by atoms with Gasteiger partial charge in [0.1, 0.15) is 5.82 Å². The van der Waals surface area contributed by atoms with E-state index in [1.54, 1.807) is 10.7 Å². The Labute approximate surface area is 211 Å². The van der Waals surface area contributed by atoms with Crippen molar-refractivity contribution in [2.45, 2.75) is 40.0 Å². The van der Waals surface area contributed by atoms with Crippen LogP contribution in [0, 0.1) is 18.7 Å². The molecule has 0 radical (unpaired) electrons. The highest BCUT2D eigenvalue weighted by Crippen LogP contribution is 2.17. The molecule has 2 aromatic carbocycles. The van der Waals surface area contributed by atoms with Crippen LogP contribution in [0.4, 0.5) is 4.39 Å². The van der Waals surface area contributed by atoms with Crippen molar-refractivity contribution in [2.75, 3.05) is 26.2 Å². The van der Waals surface area contributed by atoms with Gasteiger partial charge in [-0.05, 0) is 42.7 Å². The van der Waals surface area contributed by atoms with Crippen molar-refractivity contribution in [2.24, 2.45) is 13.0 Å². The number of aromatic nitrogens is 2. The Balaban J connectivity index is 1.57. The van der Waals surface area contributed by atoms with Gasteiger partial charge in [0.15, 0.2) is 0 Å². The molecule has 3 aromatic rings. The van der Waals surface area contributed by atoms with Gasteiger partial charge < -0.3 is 9.64 Å². The van der Waals surface area contributed by atoms with Gasteiger partial charge in [0, 0.05) is 38.9 Å². The maximum Gasteiger partial charge on any atom is 0.276 e. The predicted octanol–water partition coefficient (Wildman–Crippen LogP) is 3.51. The van der Waals surface area contributed by atoms with Gasteiger partial charge in [-0.2, -0.15) is 0 Å². The van der Waals surface area contributed by atoms with Crippen molar-refractivity contribution in [3.8, 4) is 5.69 Å². The number of ether oxygens (including phenoxy) is 1. The van der Waals surface area contributed by atoms with Gasteiger partial charge >= 0.3 is 0 Å². The lowest BCUT2D eigenvalue weighted by Gasteiger charge is -2.26. The average molecular weight is 495 g/mol. The molecule has 0 saturated carbocycles. The summed E-state index contributed by atoms with van der Waals surface area (Å²) in [5, 5.41) is 0. The third kappa shape index (κ3) is 5.94. The second-order valence-electron chi connectivity index (χ2n) is 9.97. The van der Waals surface area contributed by atoms with Crippen LogP contribution < -0.4 is 5.56 Å². The second-order valence-corrected chi connectivity index (χ2v) is 9.97. The van der Waals surface area contributed by atoms with Gasteiger partial charge in [0.25, 0.3) is 5.56 Å². The van der Waals surface area contributed by atoms with E-state index in [1.165, 1.54) is 12.1 Å². The van der Waals surface area contributed by atoms with Crippen LogP contribution >= 0.6 is 0 Å². The topological polar surface area (TPSA) is 59.7 Å². The van der Waals surface area contributed by atoms with E-state index in [2.05, 4.69) is 13.8 Å². The number of rotatable bonds is 8. The SMILES string of the molecule is Cc1c(CN2CC(=O)N(CC(C)C)C[C@H](OCc3cccc(F)c3)C2)c(=O)n(-c2ccccc2)n1C. The van der Waals surface area contributed by atoms with Crippen LogP contribution in [0.2, 0.25) is 0 Å². The Morgan fingerprint density at radius 3 is 2.50 bits per heavy atom. The highest BCUT2D eigenvalue weighted by molar-refractivity contribution is 5.78. The number of carbonyl (C=O) groups excluding carboxylic acids is 1. The largest absolute Gasteiger partial charge is 0.370 e. The van der Waals surface area contributed by atoms with E-state index >= 15 is 0 Å². The Kier molecular flexibility index (Phi) is 8.06. The quantitative estimate of drug-likeness (QED) is 0.481. The van der Waals surface area contributed by atoms with Crippen molar-refractivity contribution in [1.82, 2.24) is 19.2 Å². The number of amides is 1. The predicted molar refractivity (Wildman–Crippen MR) is 137 cm³/mol. The van der Waals surface area contributed by atoms with Gasteiger partial charge in [-0.15, -0.1) is 0 Å².